The van der Waals surface area contributed by atoms with E-state index < -0.39 is 0 Å². The Morgan fingerprint density at radius 2 is 1.59 bits per heavy atom. The first-order valence-electron chi connectivity index (χ1n) is 9.02. The Balaban J connectivity index is 1.93. The van der Waals surface area contributed by atoms with Gasteiger partial charge in [-0.2, -0.15) is 0 Å². The van der Waals surface area contributed by atoms with Gasteiger partial charge in [0.1, 0.15) is 5.75 Å². The zero-order valence-electron chi connectivity index (χ0n) is 15.8. The predicted molar refractivity (Wildman–Crippen MR) is 113 cm³/mol. The summed E-state index contributed by atoms with van der Waals surface area (Å²) in [6.45, 7) is 2.08. The maximum atomic E-state index is 12.5. The number of nitrogens with one attached hydrogen (secondary N) is 2. The van der Waals surface area contributed by atoms with E-state index in [0.29, 0.717) is 29.4 Å². The number of benzene rings is 2. The Morgan fingerprint density at radius 3 is 2.24 bits per heavy atom. The molecule has 0 spiro atoms. The van der Waals surface area contributed by atoms with Crippen LogP contribution >= 0.6 is 11.6 Å². The lowest BCUT2D eigenvalue weighted by Gasteiger charge is -2.12. The molecule has 1 heterocycles. The summed E-state index contributed by atoms with van der Waals surface area (Å²) in [6.07, 6.45) is 1.52. The topological polar surface area (TPSA) is 91.3 Å². The lowest BCUT2D eigenvalue weighted by molar-refractivity contribution is -0.118. The largest absolute Gasteiger partial charge is 0.508 e. The van der Waals surface area contributed by atoms with Gasteiger partial charge in [0, 0.05) is 42.4 Å². The van der Waals surface area contributed by atoms with Crippen LogP contribution in [0.1, 0.15) is 17.3 Å². The van der Waals surface area contributed by atoms with Crippen LogP contribution in [0.5, 0.6) is 5.75 Å². The Kier molecular flexibility index (Phi) is 6.46. The predicted octanol–water partition coefficient (Wildman–Crippen LogP) is 3.64. The highest BCUT2D eigenvalue weighted by Crippen LogP contribution is 2.32. The molecular formula is C22H20ClN3O3. The van der Waals surface area contributed by atoms with Crippen LogP contribution in [0.2, 0.25) is 5.02 Å². The minimum atomic E-state index is -0.287. The van der Waals surface area contributed by atoms with E-state index in [9.17, 15) is 14.7 Å². The highest BCUT2D eigenvalue weighted by atomic mass is 35.5. The van der Waals surface area contributed by atoms with E-state index >= 15 is 0 Å². The zero-order chi connectivity index (χ0) is 20.8. The Hall–Kier alpha value is -3.38. The van der Waals surface area contributed by atoms with Crippen LogP contribution in [-0.2, 0) is 4.79 Å². The number of hydrogen-bond acceptors (Lipinski definition) is 4. The van der Waals surface area contributed by atoms with Crippen LogP contribution in [-0.4, -0.2) is 35.0 Å². The van der Waals surface area contributed by atoms with E-state index in [1.54, 1.807) is 42.5 Å². The maximum Gasteiger partial charge on any atom is 0.252 e. The van der Waals surface area contributed by atoms with Crippen LogP contribution in [0.4, 0.5) is 0 Å². The number of phenols is 1. The van der Waals surface area contributed by atoms with Gasteiger partial charge in [0.25, 0.3) is 5.91 Å². The number of halogens is 1. The van der Waals surface area contributed by atoms with E-state index in [1.807, 2.05) is 12.1 Å². The molecule has 2 aromatic carbocycles. The number of carbonyl (C=O) groups is 2. The van der Waals surface area contributed by atoms with Gasteiger partial charge in [-0.3, -0.25) is 14.6 Å². The van der Waals surface area contributed by atoms with Crippen molar-refractivity contribution >= 4 is 23.4 Å². The van der Waals surface area contributed by atoms with Crippen LogP contribution in [0.25, 0.3) is 22.4 Å². The van der Waals surface area contributed by atoms with Crippen molar-refractivity contribution in [3.8, 4) is 28.1 Å². The fourth-order valence-electron chi connectivity index (χ4n) is 2.80. The molecule has 0 atom stereocenters. The van der Waals surface area contributed by atoms with Gasteiger partial charge in [0.15, 0.2) is 0 Å². The number of nitrogens with zero attached hydrogens (tertiary/aromatic N) is 1. The molecule has 3 N–H and O–H groups in total. The smallest absolute Gasteiger partial charge is 0.252 e. The molecule has 0 saturated heterocycles. The van der Waals surface area contributed by atoms with Gasteiger partial charge in [-0.15, -0.1) is 0 Å². The average molecular weight is 410 g/mol. The normalized spacial score (nSPS) is 10.4. The number of carbonyl (C=O) groups excluding carboxylic acids is 2. The molecule has 148 valence electrons. The lowest BCUT2D eigenvalue weighted by atomic mass is 9.97. The van der Waals surface area contributed by atoms with Gasteiger partial charge in [0.05, 0.1) is 11.3 Å². The van der Waals surface area contributed by atoms with Gasteiger partial charge >= 0.3 is 0 Å². The second-order valence-electron chi connectivity index (χ2n) is 6.41. The molecule has 3 aromatic rings. The first-order chi connectivity index (χ1) is 13.9. The van der Waals surface area contributed by atoms with E-state index in [2.05, 4.69) is 15.6 Å². The second kappa shape index (κ2) is 9.21. The number of pyridine rings is 1. The van der Waals surface area contributed by atoms with Gasteiger partial charge in [-0.05, 0) is 35.9 Å². The molecule has 6 nitrogen and oxygen atoms in total. The molecule has 0 aliphatic heterocycles. The molecule has 0 unspecified atom stereocenters. The number of aromatic hydroxyl groups is 1. The number of amides is 2. The molecule has 0 aliphatic carbocycles. The monoisotopic (exact) mass is 409 g/mol. The second-order valence-corrected chi connectivity index (χ2v) is 6.85. The number of rotatable bonds is 6. The molecule has 3 rings (SSSR count). The van der Waals surface area contributed by atoms with Crippen molar-refractivity contribution in [3.63, 3.8) is 0 Å². The fourth-order valence-corrected chi connectivity index (χ4v) is 2.93. The molecule has 0 radical (unpaired) electrons. The average Bonchev–Trinajstić information content (AvgIpc) is 2.72. The Morgan fingerprint density at radius 1 is 0.966 bits per heavy atom. The van der Waals surface area contributed by atoms with Crippen molar-refractivity contribution in [2.24, 2.45) is 0 Å². The van der Waals surface area contributed by atoms with Gasteiger partial charge in [-0.25, -0.2) is 0 Å². The summed E-state index contributed by atoms with van der Waals surface area (Å²) < 4.78 is 0. The molecule has 0 fully saturated rings. The summed E-state index contributed by atoms with van der Waals surface area (Å²) in [5, 5.41) is 15.6. The van der Waals surface area contributed by atoms with Crippen molar-refractivity contribution in [2.45, 2.75) is 6.92 Å². The summed E-state index contributed by atoms with van der Waals surface area (Å²) >= 11 is 5.99. The van der Waals surface area contributed by atoms with Crippen LogP contribution in [0.15, 0.2) is 60.8 Å². The molecule has 0 saturated carbocycles. The molecule has 7 heteroatoms. The molecular weight excluding hydrogens is 390 g/mol. The van der Waals surface area contributed by atoms with Gasteiger partial charge < -0.3 is 15.7 Å². The summed E-state index contributed by atoms with van der Waals surface area (Å²) in [6, 6.07) is 15.8. The van der Waals surface area contributed by atoms with E-state index in [-0.39, 0.29) is 17.6 Å². The summed E-state index contributed by atoms with van der Waals surface area (Å²) in [5.41, 5.74) is 3.51. The zero-order valence-corrected chi connectivity index (χ0v) is 16.5. The summed E-state index contributed by atoms with van der Waals surface area (Å²) in [5.74, 6) is -0.282. The Bertz CT molecular complexity index is 1020. The third-order valence-electron chi connectivity index (χ3n) is 4.23. The third kappa shape index (κ3) is 5.33. The minimum Gasteiger partial charge on any atom is -0.508 e. The maximum absolute atomic E-state index is 12.5. The van der Waals surface area contributed by atoms with Crippen LogP contribution < -0.4 is 10.6 Å². The van der Waals surface area contributed by atoms with E-state index in [1.165, 1.54) is 13.1 Å². The van der Waals surface area contributed by atoms with Crippen molar-refractivity contribution in [1.82, 2.24) is 15.6 Å². The van der Waals surface area contributed by atoms with Crippen LogP contribution in [0, 0.1) is 0 Å². The third-order valence-corrected chi connectivity index (χ3v) is 4.48. The summed E-state index contributed by atoms with van der Waals surface area (Å²) in [7, 11) is 0. The highest BCUT2D eigenvalue weighted by molar-refractivity contribution is 6.30. The first kappa shape index (κ1) is 20.4. The number of aromatic nitrogens is 1. The van der Waals surface area contributed by atoms with E-state index in [4.69, 9.17) is 11.6 Å². The Labute approximate surface area is 173 Å². The summed E-state index contributed by atoms with van der Waals surface area (Å²) in [4.78, 5) is 27.9. The lowest BCUT2D eigenvalue weighted by Crippen LogP contribution is -2.33. The highest BCUT2D eigenvalue weighted by Gasteiger charge is 2.14. The first-order valence-corrected chi connectivity index (χ1v) is 9.40. The van der Waals surface area contributed by atoms with Gasteiger partial charge in [-0.1, -0.05) is 35.9 Å². The van der Waals surface area contributed by atoms with Crippen molar-refractivity contribution in [3.05, 3.63) is 71.4 Å². The van der Waals surface area contributed by atoms with Gasteiger partial charge in [0.2, 0.25) is 5.91 Å². The standard InChI is InChI=1S/C22H20ClN3O3/c1-14(27)24-10-11-25-22(29)17-12-20(15-4-8-19(28)9-5-15)21(26-13-17)16-2-6-18(23)7-3-16/h2-9,12-13,28H,10-11H2,1H3,(H,24,27)(H,25,29). The van der Waals surface area contributed by atoms with Crippen molar-refractivity contribution in [1.29, 1.82) is 0 Å². The molecule has 2 amide bonds. The fraction of sp³-hybridized carbons (Fsp3) is 0.136. The quantitative estimate of drug-likeness (QED) is 0.542. The minimum absolute atomic E-state index is 0.150. The van der Waals surface area contributed by atoms with Crippen LogP contribution in [0.3, 0.4) is 0 Å². The molecule has 29 heavy (non-hydrogen) atoms. The molecule has 0 aliphatic rings. The molecule has 1 aromatic heterocycles. The van der Waals surface area contributed by atoms with Crippen molar-refractivity contribution < 1.29 is 14.7 Å². The van der Waals surface area contributed by atoms with E-state index in [0.717, 1.165) is 16.7 Å². The number of hydrogen-bond donors (Lipinski definition) is 3. The van der Waals surface area contributed by atoms with Crippen molar-refractivity contribution in [2.75, 3.05) is 13.1 Å². The SMILES string of the molecule is CC(=O)NCCNC(=O)c1cnc(-c2ccc(Cl)cc2)c(-c2ccc(O)cc2)c1. The molecule has 0 bridgehead atoms. The number of phenolic OH excluding ortho intramolecular Hbond substituents is 1.